The van der Waals surface area contributed by atoms with E-state index >= 15 is 0 Å². The van der Waals surface area contributed by atoms with Gasteiger partial charge in [-0.25, -0.2) is 4.39 Å². The first-order valence-corrected chi connectivity index (χ1v) is 5.51. The lowest BCUT2D eigenvalue weighted by Gasteiger charge is -2.05. The van der Waals surface area contributed by atoms with Gasteiger partial charge in [-0.15, -0.1) is 0 Å². The predicted molar refractivity (Wildman–Crippen MR) is 63.6 cm³/mol. The summed E-state index contributed by atoms with van der Waals surface area (Å²) in [6, 6.07) is 6.05. The molecular weight excluding hydrogens is 239 g/mol. The second kappa shape index (κ2) is 7.39. The van der Waals surface area contributed by atoms with Gasteiger partial charge < -0.3 is 10.4 Å². The molecular formula is C12H15FN2O3. The third kappa shape index (κ3) is 5.95. The minimum absolute atomic E-state index is 0.0320. The molecule has 0 saturated carbocycles. The van der Waals surface area contributed by atoms with Gasteiger partial charge in [0.05, 0.1) is 13.1 Å². The molecule has 0 heterocycles. The number of halogens is 1. The molecule has 0 fully saturated rings. The zero-order valence-electron chi connectivity index (χ0n) is 9.78. The van der Waals surface area contributed by atoms with Crippen LogP contribution in [0.4, 0.5) is 4.39 Å². The van der Waals surface area contributed by atoms with Crippen LogP contribution in [0.1, 0.15) is 5.56 Å². The van der Waals surface area contributed by atoms with Crippen LogP contribution in [0.2, 0.25) is 0 Å². The average molecular weight is 254 g/mol. The summed E-state index contributed by atoms with van der Waals surface area (Å²) in [6.07, 6.45) is 0.602. The number of carbonyl (C=O) groups is 2. The summed E-state index contributed by atoms with van der Waals surface area (Å²) in [5.41, 5.74) is 0.926. The first kappa shape index (κ1) is 14.1. The van der Waals surface area contributed by atoms with E-state index in [1.807, 2.05) is 0 Å². The van der Waals surface area contributed by atoms with E-state index in [4.69, 9.17) is 5.11 Å². The van der Waals surface area contributed by atoms with E-state index in [2.05, 4.69) is 10.6 Å². The number of aliphatic carboxylic acids is 1. The molecule has 1 rings (SSSR count). The molecule has 0 aliphatic heterocycles. The number of rotatable bonds is 7. The number of carboxylic acids is 1. The Kier molecular flexibility index (Phi) is 5.79. The van der Waals surface area contributed by atoms with Crippen LogP contribution in [0.5, 0.6) is 0 Å². The Morgan fingerprint density at radius 1 is 1.17 bits per heavy atom. The molecule has 3 N–H and O–H groups in total. The van der Waals surface area contributed by atoms with E-state index in [9.17, 15) is 14.0 Å². The van der Waals surface area contributed by atoms with Gasteiger partial charge in [0.2, 0.25) is 5.91 Å². The molecule has 6 heteroatoms. The average Bonchev–Trinajstić information content (AvgIpc) is 2.31. The Hall–Kier alpha value is -1.95. The zero-order chi connectivity index (χ0) is 13.4. The highest BCUT2D eigenvalue weighted by atomic mass is 19.1. The smallest absolute Gasteiger partial charge is 0.317 e. The first-order valence-electron chi connectivity index (χ1n) is 5.51. The molecule has 0 aliphatic rings. The molecule has 0 saturated heterocycles. The number of hydrogen-bond donors (Lipinski definition) is 3. The van der Waals surface area contributed by atoms with Gasteiger partial charge in [-0.3, -0.25) is 14.9 Å². The lowest BCUT2D eigenvalue weighted by molar-refractivity contribution is -0.136. The topological polar surface area (TPSA) is 78.4 Å². The third-order valence-electron chi connectivity index (χ3n) is 2.21. The zero-order valence-corrected chi connectivity index (χ0v) is 9.78. The highest BCUT2D eigenvalue weighted by Gasteiger charge is 2.02. The SMILES string of the molecule is O=C(O)CNCC(=O)NCCc1ccc(F)cc1. The van der Waals surface area contributed by atoms with Crippen molar-refractivity contribution in [2.24, 2.45) is 0 Å². The lowest BCUT2D eigenvalue weighted by Crippen LogP contribution is -2.36. The van der Waals surface area contributed by atoms with Crippen molar-refractivity contribution in [1.82, 2.24) is 10.6 Å². The van der Waals surface area contributed by atoms with E-state index < -0.39 is 5.97 Å². The van der Waals surface area contributed by atoms with Crippen molar-refractivity contribution >= 4 is 11.9 Å². The molecule has 5 nitrogen and oxygen atoms in total. The van der Waals surface area contributed by atoms with Gasteiger partial charge in [-0.2, -0.15) is 0 Å². The lowest BCUT2D eigenvalue weighted by atomic mass is 10.1. The summed E-state index contributed by atoms with van der Waals surface area (Å²) in [5, 5.41) is 13.5. The maximum Gasteiger partial charge on any atom is 0.317 e. The maximum atomic E-state index is 12.6. The van der Waals surface area contributed by atoms with Crippen molar-refractivity contribution in [1.29, 1.82) is 0 Å². The van der Waals surface area contributed by atoms with Gasteiger partial charge in [0.1, 0.15) is 5.82 Å². The van der Waals surface area contributed by atoms with Crippen LogP contribution < -0.4 is 10.6 Å². The quantitative estimate of drug-likeness (QED) is 0.647. The number of carbonyl (C=O) groups excluding carboxylic acids is 1. The highest BCUT2D eigenvalue weighted by molar-refractivity contribution is 5.78. The molecule has 1 amide bonds. The van der Waals surface area contributed by atoms with Crippen LogP contribution in [-0.2, 0) is 16.0 Å². The van der Waals surface area contributed by atoms with Gasteiger partial charge in [-0.05, 0) is 24.1 Å². The van der Waals surface area contributed by atoms with Gasteiger partial charge in [0.15, 0.2) is 0 Å². The molecule has 1 aromatic rings. The molecule has 0 spiro atoms. The van der Waals surface area contributed by atoms with Crippen molar-refractivity contribution in [3.8, 4) is 0 Å². The van der Waals surface area contributed by atoms with Crippen molar-refractivity contribution in [3.05, 3.63) is 35.6 Å². The van der Waals surface area contributed by atoms with Crippen LogP contribution in [-0.4, -0.2) is 36.6 Å². The van der Waals surface area contributed by atoms with E-state index in [0.29, 0.717) is 13.0 Å². The molecule has 0 bridgehead atoms. The molecule has 0 radical (unpaired) electrons. The predicted octanol–water partition coefficient (Wildman–Crippen LogP) is 0.159. The van der Waals surface area contributed by atoms with Gasteiger partial charge >= 0.3 is 5.97 Å². The number of carboxylic acid groups (broad SMARTS) is 1. The maximum absolute atomic E-state index is 12.6. The summed E-state index contributed by atoms with van der Waals surface area (Å²) >= 11 is 0. The monoisotopic (exact) mass is 254 g/mol. The largest absolute Gasteiger partial charge is 0.480 e. The van der Waals surface area contributed by atoms with Gasteiger partial charge in [-0.1, -0.05) is 12.1 Å². The first-order chi connectivity index (χ1) is 8.58. The molecule has 0 atom stereocenters. The number of amides is 1. The summed E-state index contributed by atoms with van der Waals surface area (Å²) in [6.45, 7) is 0.153. The van der Waals surface area contributed by atoms with E-state index in [1.54, 1.807) is 12.1 Å². The van der Waals surface area contributed by atoms with Crippen molar-refractivity contribution in [3.63, 3.8) is 0 Å². The third-order valence-corrected chi connectivity index (χ3v) is 2.21. The Morgan fingerprint density at radius 2 is 1.83 bits per heavy atom. The van der Waals surface area contributed by atoms with Crippen LogP contribution >= 0.6 is 0 Å². The van der Waals surface area contributed by atoms with E-state index in [0.717, 1.165) is 5.56 Å². The normalized spacial score (nSPS) is 10.1. The number of nitrogens with one attached hydrogen (secondary N) is 2. The molecule has 98 valence electrons. The van der Waals surface area contributed by atoms with Gasteiger partial charge in [0.25, 0.3) is 0 Å². The Bertz CT molecular complexity index is 406. The van der Waals surface area contributed by atoms with E-state index in [1.165, 1.54) is 12.1 Å². The molecule has 1 aromatic carbocycles. The van der Waals surface area contributed by atoms with E-state index in [-0.39, 0.29) is 24.8 Å². The van der Waals surface area contributed by atoms with Crippen molar-refractivity contribution < 1.29 is 19.1 Å². The fourth-order valence-electron chi connectivity index (χ4n) is 1.34. The Labute approximate surface area is 104 Å². The summed E-state index contributed by atoms with van der Waals surface area (Å²) in [7, 11) is 0. The fourth-order valence-corrected chi connectivity index (χ4v) is 1.34. The molecule has 0 aliphatic carbocycles. The highest BCUT2D eigenvalue weighted by Crippen LogP contribution is 2.02. The van der Waals surface area contributed by atoms with Crippen molar-refractivity contribution in [2.75, 3.05) is 19.6 Å². The fraction of sp³-hybridized carbons (Fsp3) is 0.333. The number of hydrogen-bond acceptors (Lipinski definition) is 3. The minimum atomic E-state index is -1.01. The number of benzene rings is 1. The second-order valence-corrected chi connectivity index (χ2v) is 3.72. The van der Waals surface area contributed by atoms with Crippen LogP contribution in [0.3, 0.4) is 0 Å². The Balaban J connectivity index is 2.15. The second-order valence-electron chi connectivity index (χ2n) is 3.72. The van der Waals surface area contributed by atoms with Crippen LogP contribution in [0, 0.1) is 5.82 Å². The minimum Gasteiger partial charge on any atom is -0.480 e. The van der Waals surface area contributed by atoms with Crippen LogP contribution in [0.15, 0.2) is 24.3 Å². The van der Waals surface area contributed by atoms with Crippen LogP contribution in [0.25, 0.3) is 0 Å². The standard InChI is InChI=1S/C12H15FN2O3/c13-10-3-1-9(2-4-10)5-6-15-11(16)7-14-8-12(17)18/h1-4,14H,5-8H2,(H,15,16)(H,17,18). The molecule has 0 aromatic heterocycles. The van der Waals surface area contributed by atoms with Gasteiger partial charge in [0, 0.05) is 6.54 Å². The summed E-state index contributed by atoms with van der Waals surface area (Å²) in [4.78, 5) is 21.4. The Morgan fingerprint density at radius 3 is 2.44 bits per heavy atom. The van der Waals surface area contributed by atoms with Crippen molar-refractivity contribution in [2.45, 2.75) is 6.42 Å². The molecule has 0 unspecified atom stereocenters. The summed E-state index contributed by atoms with van der Waals surface area (Å²) < 4.78 is 12.6. The molecule has 18 heavy (non-hydrogen) atoms. The summed E-state index contributed by atoms with van der Waals surface area (Å²) in [5.74, 6) is -1.56.